The monoisotopic (exact) mass is 389 g/mol. The van der Waals surface area contributed by atoms with Gasteiger partial charge in [-0.1, -0.05) is 35.3 Å². The number of hydrogen-bond acceptors (Lipinski definition) is 4. The van der Waals surface area contributed by atoms with Gasteiger partial charge in [0.05, 0.1) is 10.7 Å². The maximum Gasteiger partial charge on any atom is 0.175 e. The molecule has 0 saturated carbocycles. The first-order valence-electron chi connectivity index (χ1n) is 7.29. The molecule has 0 atom stereocenters. The SMILES string of the molecule is S=C(Nc1ccc(Nc2ccc(Cl)nn2)cc1)Nc1ccccc1Cl. The summed E-state index contributed by atoms with van der Waals surface area (Å²) in [5.74, 6) is 0.612. The minimum atomic E-state index is 0.352. The molecule has 8 heteroatoms. The lowest BCUT2D eigenvalue weighted by atomic mass is 10.3. The van der Waals surface area contributed by atoms with Crippen molar-refractivity contribution in [3.63, 3.8) is 0 Å². The van der Waals surface area contributed by atoms with Crippen molar-refractivity contribution < 1.29 is 0 Å². The first-order chi connectivity index (χ1) is 12.1. The zero-order valence-corrected chi connectivity index (χ0v) is 15.2. The number of thiocarbonyl (C=S) groups is 1. The average molecular weight is 390 g/mol. The summed E-state index contributed by atoms with van der Waals surface area (Å²) >= 11 is 17.1. The fourth-order valence-corrected chi connectivity index (χ4v) is 2.53. The molecule has 0 spiro atoms. The van der Waals surface area contributed by atoms with Crippen LogP contribution in [0.15, 0.2) is 60.7 Å². The highest BCUT2D eigenvalue weighted by Gasteiger charge is 2.03. The van der Waals surface area contributed by atoms with Crippen molar-refractivity contribution in [3.8, 4) is 0 Å². The highest BCUT2D eigenvalue weighted by Crippen LogP contribution is 2.21. The molecule has 0 saturated heterocycles. The number of para-hydroxylation sites is 1. The van der Waals surface area contributed by atoms with Gasteiger partial charge in [0.15, 0.2) is 16.1 Å². The minimum absolute atomic E-state index is 0.352. The van der Waals surface area contributed by atoms with Crippen LogP contribution in [0.5, 0.6) is 0 Å². The second kappa shape index (κ2) is 8.11. The number of rotatable bonds is 4. The second-order valence-corrected chi connectivity index (χ2v) is 6.21. The van der Waals surface area contributed by atoms with Crippen molar-refractivity contribution in [1.29, 1.82) is 0 Å². The Balaban J connectivity index is 1.59. The van der Waals surface area contributed by atoms with Gasteiger partial charge in [0.2, 0.25) is 0 Å². The minimum Gasteiger partial charge on any atom is -0.339 e. The number of aromatic nitrogens is 2. The average Bonchev–Trinajstić information content (AvgIpc) is 2.61. The lowest BCUT2D eigenvalue weighted by molar-refractivity contribution is 1.04. The van der Waals surface area contributed by atoms with Gasteiger partial charge in [-0.3, -0.25) is 0 Å². The number of nitrogens with one attached hydrogen (secondary N) is 3. The highest BCUT2D eigenvalue weighted by molar-refractivity contribution is 7.80. The van der Waals surface area contributed by atoms with E-state index in [1.807, 2.05) is 42.5 Å². The Morgan fingerprint density at radius 3 is 2.20 bits per heavy atom. The van der Waals surface area contributed by atoms with Crippen molar-refractivity contribution in [2.24, 2.45) is 0 Å². The molecule has 0 unspecified atom stereocenters. The second-order valence-electron chi connectivity index (χ2n) is 5.00. The predicted octanol–water partition coefficient (Wildman–Crippen LogP) is 5.34. The van der Waals surface area contributed by atoms with E-state index in [-0.39, 0.29) is 0 Å². The van der Waals surface area contributed by atoms with Crippen LogP contribution >= 0.6 is 35.4 Å². The summed E-state index contributed by atoms with van der Waals surface area (Å²) < 4.78 is 0. The van der Waals surface area contributed by atoms with Gasteiger partial charge < -0.3 is 16.0 Å². The van der Waals surface area contributed by atoms with Crippen molar-refractivity contribution >= 4 is 63.4 Å². The summed E-state index contributed by atoms with van der Waals surface area (Å²) in [6.07, 6.45) is 0. The van der Waals surface area contributed by atoms with Crippen molar-refractivity contribution in [2.45, 2.75) is 0 Å². The van der Waals surface area contributed by atoms with Crippen LogP contribution < -0.4 is 16.0 Å². The lowest BCUT2D eigenvalue weighted by Crippen LogP contribution is -2.19. The molecule has 3 N–H and O–H groups in total. The molecule has 1 heterocycles. The van der Waals surface area contributed by atoms with Crippen LogP contribution in [0.1, 0.15) is 0 Å². The maximum absolute atomic E-state index is 6.10. The van der Waals surface area contributed by atoms with E-state index >= 15 is 0 Å². The fourth-order valence-electron chi connectivity index (χ4n) is 2.01. The molecule has 3 rings (SSSR count). The summed E-state index contributed by atoms with van der Waals surface area (Å²) in [5, 5.41) is 18.4. The van der Waals surface area contributed by atoms with Gasteiger partial charge in [-0.05, 0) is 60.7 Å². The Bertz CT molecular complexity index is 869. The maximum atomic E-state index is 6.10. The van der Waals surface area contributed by atoms with Gasteiger partial charge >= 0.3 is 0 Å². The van der Waals surface area contributed by atoms with E-state index < -0.39 is 0 Å². The Kier molecular flexibility index (Phi) is 5.65. The van der Waals surface area contributed by atoms with E-state index in [2.05, 4.69) is 26.1 Å². The topological polar surface area (TPSA) is 61.9 Å². The quantitative estimate of drug-likeness (QED) is 0.523. The molecule has 0 radical (unpaired) electrons. The Hall–Kier alpha value is -2.41. The van der Waals surface area contributed by atoms with Gasteiger partial charge in [-0.25, -0.2) is 0 Å². The zero-order chi connectivity index (χ0) is 17.6. The molecule has 0 bridgehead atoms. The summed E-state index contributed by atoms with van der Waals surface area (Å²) in [7, 11) is 0. The Morgan fingerprint density at radius 1 is 0.800 bits per heavy atom. The van der Waals surface area contributed by atoms with Crippen LogP contribution in [0.3, 0.4) is 0 Å². The Morgan fingerprint density at radius 2 is 1.52 bits per heavy atom. The van der Waals surface area contributed by atoms with Gasteiger partial charge in [0.25, 0.3) is 0 Å². The molecule has 0 aliphatic carbocycles. The molecular weight excluding hydrogens is 377 g/mol. The van der Waals surface area contributed by atoms with Crippen LogP contribution in [-0.2, 0) is 0 Å². The standard InChI is InChI=1S/C17H13Cl2N5S/c18-13-3-1-2-4-14(13)22-17(25)21-12-7-5-11(6-8-12)20-16-10-9-15(19)23-24-16/h1-10H,(H,20,24)(H2,21,22,25). The van der Waals surface area contributed by atoms with E-state index in [0.717, 1.165) is 17.1 Å². The normalized spacial score (nSPS) is 10.2. The summed E-state index contributed by atoms with van der Waals surface area (Å²) in [6.45, 7) is 0. The summed E-state index contributed by atoms with van der Waals surface area (Å²) in [5.41, 5.74) is 2.46. The van der Waals surface area contributed by atoms with Crippen LogP contribution in [-0.4, -0.2) is 15.3 Å². The van der Waals surface area contributed by atoms with E-state index in [1.54, 1.807) is 18.2 Å². The molecular formula is C17H13Cl2N5S. The van der Waals surface area contributed by atoms with E-state index in [1.165, 1.54) is 0 Å². The first-order valence-corrected chi connectivity index (χ1v) is 8.45. The zero-order valence-electron chi connectivity index (χ0n) is 12.8. The molecule has 25 heavy (non-hydrogen) atoms. The van der Waals surface area contributed by atoms with E-state index in [9.17, 15) is 0 Å². The third kappa shape index (κ3) is 5.03. The van der Waals surface area contributed by atoms with Gasteiger partial charge in [0.1, 0.15) is 0 Å². The summed E-state index contributed by atoms with van der Waals surface area (Å²) in [6, 6.07) is 18.4. The largest absolute Gasteiger partial charge is 0.339 e. The highest BCUT2D eigenvalue weighted by atomic mass is 35.5. The van der Waals surface area contributed by atoms with Gasteiger partial charge in [0, 0.05) is 11.4 Å². The molecule has 0 amide bonds. The predicted molar refractivity (Wildman–Crippen MR) is 108 cm³/mol. The van der Waals surface area contributed by atoms with E-state index in [0.29, 0.717) is 21.1 Å². The number of anilines is 4. The third-order valence-corrected chi connectivity index (χ3v) is 3.90. The van der Waals surface area contributed by atoms with Crippen molar-refractivity contribution in [1.82, 2.24) is 10.2 Å². The van der Waals surface area contributed by atoms with Gasteiger partial charge in [-0.15, -0.1) is 10.2 Å². The Labute approximate surface area is 160 Å². The smallest absolute Gasteiger partial charge is 0.175 e. The van der Waals surface area contributed by atoms with Gasteiger partial charge in [-0.2, -0.15) is 0 Å². The molecule has 126 valence electrons. The lowest BCUT2D eigenvalue weighted by Gasteiger charge is -2.12. The molecule has 0 aliphatic rings. The van der Waals surface area contributed by atoms with Crippen LogP contribution in [0.4, 0.5) is 22.9 Å². The number of nitrogens with zero attached hydrogens (tertiary/aromatic N) is 2. The van der Waals surface area contributed by atoms with Crippen LogP contribution in [0, 0.1) is 0 Å². The van der Waals surface area contributed by atoms with Crippen molar-refractivity contribution in [2.75, 3.05) is 16.0 Å². The third-order valence-electron chi connectivity index (χ3n) is 3.17. The summed E-state index contributed by atoms with van der Waals surface area (Å²) in [4.78, 5) is 0. The number of hydrogen-bond donors (Lipinski definition) is 3. The molecule has 5 nitrogen and oxygen atoms in total. The molecule has 1 aromatic heterocycles. The number of halogens is 2. The van der Waals surface area contributed by atoms with Crippen LogP contribution in [0.25, 0.3) is 0 Å². The molecule has 3 aromatic rings. The first kappa shape index (κ1) is 17.4. The molecule has 2 aromatic carbocycles. The van der Waals surface area contributed by atoms with E-state index in [4.69, 9.17) is 35.4 Å². The molecule has 0 fully saturated rings. The molecule has 0 aliphatic heterocycles. The van der Waals surface area contributed by atoms with Crippen LogP contribution in [0.2, 0.25) is 10.2 Å². The number of benzene rings is 2. The van der Waals surface area contributed by atoms with Crippen molar-refractivity contribution in [3.05, 3.63) is 70.8 Å². The fraction of sp³-hybridized carbons (Fsp3) is 0.